The second kappa shape index (κ2) is 8.81. The highest BCUT2D eigenvalue weighted by atomic mass is 32.2. The Kier molecular flexibility index (Phi) is 6.76. The summed E-state index contributed by atoms with van der Waals surface area (Å²) in [6.07, 6.45) is 0.558. The normalized spacial score (nSPS) is 10.6. The largest absolute Gasteiger partial charge is 0.462 e. The third-order valence-electron chi connectivity index (χ3n) is 3.84. The number of thioether (sulfide) groups is 1. The van der Waals surface area contributed by atoms with Crippen LogP contribution >= 0.6 is 11.8 Å². The number of carbonyl (C=O) groups excluding carboxylic acids is 2. The van der Waals surface area contributed by atoms with Gasteiger partial charge in [0.1, 0.15) is 0 Å². The zero-order valence-corrected chi connectivity index (χ0v) is 15.9. The van der Waals surface area contributed by atoms with Crippen molar-refractivity contribution in [2.45, 2.75) is 34.1 Å². The Morgan fingerprint density at radius 3 is 2.32 bits per heavy atom. The van der Waals surface area contributed by atoms with Gasteiger partial charge in [-0.15, -0.1) is 0 Å². The molecule has 0 saturated carbocycles. The molecule has 4 nitrogen and oxygen atoms in total. The molecule has 0 aliphatic rings. The number of nitrogens with zero attached hydrogens (tertiary/aromatic N) is 1. The minimum atomic E-state index is -0.429. The monoisotopic (exact) mass is 357 g/mol. The minimum absolute atomic E-state index is 0.0467. The van der Waals surface area contributed by atoms with E-state index in [0.717, 1.165) is 11.1 Å². The van der Waals surface area contributed by atoms with Crippen molar-refractivity contribution in [2.75, 3.05) is 12.4 Å². The standard InChI is InChI=1S/C20H23NO3S/c1-5-15-16(20(23)25-7-3)13(4)21-18(14-11-9-8-10-12-14)17(15)19(22)24-6-2/h8-12H,5-7H2,1-4H3. The van der Waals surface area contributed by atoms with Crippen LogP contribution in [0.5, 0.6) is 0 Å². The molecule has 0 saturated heterocycles. The number of esters is 1. The van der Waals surface area contributed by atoms with Gasteiger partial charge in [0.2, 0.25) is 5.12 Å². The van der Waals surface area contributed by atoms with E-state index in [1.165, 1.54) is 11.8 Å². The first-order valence-electron chi connectivity index (χ1n) is 8.48. The fraction of sp³-hybridized carbons (Fsp3) is 0.350. The maximum atomic E-state index is 12.7. The molecule has 0 fully saturated rings. The van der Waals surface area contributed by atoms with Crippen LogP contribution in [0.3, 0.4) is 0 Å². The number of hydrogen-bond donors (Lipinski definition) is 0. The summed E-state index contributed by atoms with van der Waals surface area (Å²) in [7, 11) is 0. The lowest BCUT2D eigenvalue weighted by molar-refractivity contribution is 0.0525. The SMILES string of the molecule is CCOC(=O)c1c(-c2ccccc2)nc(C)c(C(=O)SCC)c1CC. The molecule has 0 bridgehead atoms. The summed E-state index contributed by atoms with van der Waals surface area (Å²) < 4.78 is 5.27. The molecule has 1 heterocycles. The number of benzene rings is 1. The molecule has 0 radical (unpaired) electrons. The molecule has 1 aromatic carbocycles. The van der Waals surface area contributed by atoms with E-state index in [9.17, 15) is 9.59 Å². The topological polar surface area (TPSA) is 56.3 Å². The van der Waals surface area contributed by atoms with Crippen LogP contribution in [0.1, 0.15) is 52.7 Å². The smallest absolute Gasteiger partial charge is 0.340 e. The van der Waals surface area contributed by atoms with Gasteiger partial charge >= 0.3 is 5.97 Å². The summed E-state index contributed by atoms with van der Waals surface area (Å²) in [4.78, 5) is 29.9. The van der Waals surface area contributed by atoms with E-state index in [0.29, 0.717) is 34.7 Å². The molecule has 0 atom stereocenters. The highest BCUT2D eigenvalue weighted by molar-refractivity contribution is 8.14. The Bertz CT molecular complexity index is 772. The number of carbonyl (C=O) groups is 2. The molecule has 2 aromatic rings. The van der Waals surface area contributed by atoms with Gasteiger partial charge in [-0.1, -0.05) is 55.9 Å². The molecule has 0 N–H and O–H groups in total. The van der Waals surface area contributed by atoms with Crippen molar-refractivity contribution >= 4 is 22.8 Å². The molecule has 0 aliphatic heterocycles. The number of aromatic nitrogens is 1. The zero-order chi connectivity index (χ0) is 18.4. The first-order chi connectivity index (χ1) is 12.0. The van der Waals surface area contributed by atoms with Crippen molar-refractivity contribution < 1.29 is 14.3 Å². The Balaban J connectivity index is 2.78. The Labute approximate surface area is 153 Å². The highest BCUT2D eigenvalue weighted by Crippen LogP contribution is 2.31. The number of aryl methyl sites for hydroxylation is 1. The second-order valence-corrected chi connectivity index (χ2v) is 6.67. The van der Waals surface area contributed by atoms with Gasteiger partial charge in [-0.05, 0) is 31.6 Å². The van der Waals surface area contributed by atoms with Crippen LogP contribution in [-0.2, 0) is 11.2 Å². The fourth-order valence-corrected chi connectivity index (χ4v) is 3.50. The predicted octanol–water partition coefficient (Wildman–Crippen LogP) is 4.69. The van der Waals surface area contributed by atoms with E-state index in [1.54, 1.807) is 6.92 Å². The van der Waals surface area contributed by atoms with E-state index >= 15 is 0 Å². The van der Waals surface area contributed by atoms with E-state index in [2.05, 4.69) is 4.98 Å². The Morgan fingerprint density at radius 1 is 1.08 bits per heavy atom. The molecular formula is C20H23NO3S. The summed E-state index contributed by atoms with van der Waals surface area (Å²) >= 11 is 1.23. The summed E-state index contributed by atoms with van der Waals surface area (Å²) in [6, 6.07) is 9.53. The third-order valence-corrected chi connectivity index (χ3v) is 4.60. The molecule has 5 heteroatoms. The zero-order valence-electron chi connectivity index (χ0n) is 15.1. The van der Waals surface area contributed by atoms with Gasteiger partial charge in [0.25, 0.3) is 0 Å². The van der Waals surface area contributed by atoms with Gasteiger partial charge in [0.05, 0.1) is 29.1 Å². The number of pyridine rings is 1. The Morgan fingerprint density at radius 2 is 1.76 bits per heavy atom. The number of rotatable bonds is 6. The van der Waals surface area contributed by atoms with Crippen molar-refractivity contribution in [2.24, 2.45) is 0 Å². The number of hydrogen-bond acceptors (Lipinski definition) is 5. The predicted molar refractivity (Wildman–Crippen MR) is 102 cm³/mol. The fourth-order valence-electron chi connectivity index (χ4n) is 2.82. The van der Waals surface area contributed by atoms with E-state index < -0.39 is 5.97 Å². The molecule has 0 spiro atoms. The molecule has 25 heavy (non-hydrogen) atoms. The van der Waals surface area contributed by atoms with Gasteiger partial charge in [-0.25, -0.2) is 4.79 Å². The lowest BCUT2D eigenvalue weighted by Gasteiger charge is -2.18. The number of ether oxygens (including phenoxy) is 1. The maximum absolute atomic E-state index is 12.7. The first kappa shape index (κ1) is 19.2. The van der Waals surface area contributed by atoms with Crippen molar-refractivity contribution in [1.82, 2.24) is 4.98 Å². The van der Waals surface area contributed by atoms with Crippen LogP contribution in [0.15, 0.2) is 30.3 Å². The molecule has 1 aromatic heterocycles. The summed E-state index contributed by atoms with van der Waals surface area (Å²) in [5.74, 6) is 0.248. The average molecular weight is 357 g/mol. The summed E-state index contributed by atoms with van der Waals surface area (Å²) in [5, 5.41) is -0.0467. The first-order valence-corrected chi connectivity index (χ1v) is 9.46. The average Bonchev–Trinajstić information content (AvgIpc) is 2.61. The van der Waals surface area contributed by atoms with Crippen molar-refractivity contribution in [3.63, 3.8) is 0 Å². The van der Waals surface area contributed by atoms with Crippen molar-refractivity contribution in [3.05, 3.63) is 52.7 Å². The van der Waals surface area contributed by atoms with Gasteiger partial charge in [0.15, 0.2) is 0 Å². The quantitative estimate of drug-likeness (QED) is 0.702. The molecular weight excluding hydrogens is 334 g/mol. The molecule has 2 rings (SSSR count). The van der Waals surface area contributed by atoms with Crippen LogP contribution in [0.4, 0.5) is 0 Å². The van der Waals surface area contributed by atoms with Crippen molar-refractivity contribution in [1.29, 1.82) is 0 Å². The van der Waals surface area contributed by atoms with E-state index in [4.69, 9.17) is 4.74 Å². The van der Waals surface area contributed by atoms with Gasteiger partial charge in [-0.2, -0.15) is 0 Å². The van der Waals surface area contributed by atoms with Gasteiger partial charge in [0, 0.05) is 5.56 Å². The highest BCUT2D eigenvalue weighted by Gasteiger charge is 2.26. The van der Waals surface area contributed by atoms with Crippen molar-refractivity contribution in [3.8, 4) is 11.3 Å². The van der Waals surface area contributed by atoms with Crippen LogP contribution in [0, 0.1) is 6.92 Å². The third kappa shape index (κ3) is 4.10. The molecule has 0 unspecified atom stereocenters. The summed E-state index contributed by atoms with van der Waals surface area (Å²) in [5.41, 5.74) is 3.72. The maximum Gasteiger partial charge on any atom is 0.340 e. The molecule has 0 aliphatic carbocycles. The minimum Gasteiger partial charge on any atom is -0.462 e. The van der Waals surface area contributed by atoms with Crippen LogP contribution < -0.4 is 0 Å². The van der Waals surface area contributed by atoms with E-state index in [1.807, 2.05) is 51.1 Å². The van der Waals surface area contributed by atoms with E-state index in [-0.39, 0.29) is 11.7 Å². The lowest BCUT2D eigenvalue weighted by atomic mass is 9.94. The van der Waals surface area contributed by atoms with Crippen LogP contribution in [0.2, 0.25) is 0 Å². The van der Waals surface area contributed by atoms with Gasteiger partial charge < -0.3 is 4.74 Å². The second-order valence-electron chi connectivity index (χ2n) is 5.43. The van der Waals surface area contributed by atoms with Crippen LogP contribution in [0.25, 0.3) is 11.3 Å². The van der Waals surface area contributed by atoms with Gasteiger partial charge in [-0.3, -0.25) is 9.78 Å². The molecule has 0 amide bonds. The van der Waals surface area contributed by atoms with Crippen LogP contribution in [-0.4, -0.2) is 28.4 Å². The summed E-state index contributed by atoms with van der Waals surface area (Å²) in [6.45, 7) is 7.74. The lowest BCUT2D eigenvalue weighted by Crippen LogP contribution is -2.16. The molecule has 132 valence electrons. The Hall–Kier alpha value is -2.14.